The summed E-state index contributed by atoms with van der Waals surface area (Å²) in [5.41, 5.74) is -3.80. The first-order valence-corrected chi connectivity index (χ1v) is 12.0. The summed E-state index contributed by atoms with van der Waals surface area (Å²) < 4.78 is 79.0. The van der Waals surface area contributed by atoms with Crippen molar-refractivity contribution in [2.45, 2.75) is 30.0 Å². The molecule has 0 aliphatic carbocycles. The molecule has 0 aliphatic heterocycles. The molecule has 0 aliphatic rings. The molecule has 0 aromatic heterocycles. The summed E-state index contributed by atoms with van der Waals surface area (Å²) in [7, 11) is -3.89. The molecular weight excluding hydrogens is 470 g/mol. The Morgan fingerprint density at radius 2 is 1.78 bits per heavy atom. The second-order valence-electron chi connectivity index (χ2n) is 6.88. The first-order chi connectivity index (χ1) is 14.8. The van der Waals surface area contributed by atoms with Crippen LogP contribution < -0.4 is 10.0 Å². The number of nitrogens with zero attached hydrogens (tertiary/aromatic N) is 1. The van der Waals surface area contributed by atoms with Gasteiger partial charge in [0.05, 0.1) is 23.5 Å². The Balaban J connectivity index is 2.37. The number of halogens is 4. The molecule has 32 heavy (non-hydrogen) atoms. The van der Waals surface area contributed by atoms with Gasteiger partial charge in [0, 0.05) is 16.3 Å². The van der Waals surface area contributed by atoms with Crippen LogP contribution in [-0.4, -0.2) is 31.9 Å². The van der Waals surface area contributed by atoms with Gasteiger partial charge in [-0.2, -0.15) is 23.2 Å². The fraction of sp³-hybridized carbons (Fsp3) is 0.300. The van der Waals surface area contributed by atoms with Crippen molar-refractivity contribution in [3.05, 3.63) is 59.4 Å². The van der Waals surface area contributed by atoms with Crippen molar-refractivity contribution in [2.75, 3.05) is 17.3 Å². The van der Waals surface area contributed by atoms with Gasteiger partial charge in [-0.1, -0.05) is 6.92 Å². The van der Waals surface area contributed by atoms with Crippen LogP contribution >= 0.6 is 11.8 Å². The molecule has 0 spiro atoms. The minimum absolute atomic E-state index is 0.0253. The largest absolute Gasteiger partial charge is 0.417 e. The van der Waals surface area contributed by atoms with Crippen LogP contribution in [0.1, 0.15) is 24.5 Å². The highest BCUT2D eigenvalue weighted by Crippen LogP contribution is 2.34. The summed E-state index contributed by atoms with van der Waals surface area (Å²) in [6, 6.07) is 9.42. The maximum Gasteiger partial charge on any atom is 0.417 e. The third kappa shape index (κ3) is 6.69. The van der Waals surface area contributed by atoms with Crippen molar-refractivity contribution in [1.29, 1.82) is 5.26 Å². The SMILES string of the molecule is CCC(CSc1ccc(F)cc1)(NS(C)(=O)=O)C(=O)Nc1ccc(C#N)c(C(F)(F)F)c1. The Morgan fingerprint density at radius 3 is 2.28 bits per heavy atom. The van der Waals surface area contributed by atoms with E-state index in [1.54, 1.807) is 6.92 Å². The second-order valence-corrected chi connectivity index (χ2v) is 9.67. The molecule has 0 fully saturated rings. The minimum atomic E-state index is -4.82. The lowest BCUT2D eigenvalue weighted by Crippen LogP contribution is -2.58. The topological polar surface area (TPSA) is 99.1 Å². The number of carbonyl (C=O) groups excluding carboxylic acids is 1. The van der Waals surface area contributed by atoms with Gasteiger partial charge in [0.15, 0.2) is 0 Å². The van der Waals surface area contributed by atoms with Crippen molar-refractivity contribution in [3.8, 4) is 6.07 Å². The van der Waals surface area contributed by atoms with E-state index in [1.807, 2.05) is 0 Å². The summed E-state index contributed by atoms with van der Waals surface area (Å²) in [5.74, 6) is -1.46. The minimum Gasteiger partial charge on any atom is -0.324 e. The molecule has 0 heterocycles. The fourth-order valence-corrected chi connectivity index (χ4v) is 5.03. The van der Waals surface area contributed by atoms with Crippen molar-refractivity contribution >= 4 is 33.4 Å². The Hall–Kier alpha value is -2.62. The van der Waals surface area contributed by atoms with Crippen LogP contribution in [0.25, 0.3) is 0 Å². The number of anilines is 1. The number of sulfonamides is 1. The number of carbonyl (C=O) groups is 1. The van der Waals surface area contributed by atoms with Gasteiger partial charge in [0.2, 0.25) is 15.9 Å². The zero-order valence-electron chi connectivity index (χ0n) is 17.0. The molecule has 1 atom stereocenters. The smallest absolute Gasteiger partial charge is 0.324 e. The van der Waals surface area contributed by atoms with Crippen LogP contribution in [-0.2, 0) is 21.0 Å². The Bertz CT molecular complexity index is 1130. The van der Waals surface area contributed by atoms with Crippen molar-refractivity contribution in [2.24, 2.45) is 0 Å². The summed E-state index contributed by atoms with van der Waals surface area (Å²) >= 11 is 1.08. The Kier molecular flexibility index (Phi) is 7.92. The van der Waals surface area contributed by atoms with Gasteiger partial charge in [-0.3, -0.25) is 4.79 Å². The summed E-state index contributed by atoms with van der Waals surface area (Å²) in [4.78, 5) is 13.6. The van der Waals surface area contributed by atoms with E-state index in [0.717, 1.165) is 30.2 Å². The van der Waals surface area contributed by atoms with Gasteiger partial charge < -0.3 is 5.32 Å². The second kappa shape index (κ2) is 9.89. The monoisotopic (exact) mass is 489 g/mol. The van der Waals surface area contributed by atoms with E-state index < -0.39 is 44.6 Å². The number of nitriles is 1. The molecule has 6 nitrogen and oxygen atoms in total. The zero-order chi connectivity index (χ0) is 24.2. The molecule has 0 radical (unpaired) electrons. The van der Waals surface area contributed by atoms with E-state index in [-0.39, 0.29) is 17.9 Å². The molecule has 0 saturated carbocycles. The maximum atomic E-state index is 13.2. The van der Waals surface area contributed by atoms with Crippen LogP contribution in [0.3, 0.4) is 0 Å². The molecule has 2 aromatic carbocycles. The summed E-state index contributed by atoms with van der Waals surface area (Å²) in [6.07, 6.45) is -3.99. The Labute approximate surface area is 187 Å². The van der Waals surface area contributed by atoms with Crippen molar-refractivity contribution < 1.29 is 30.8 Å². The van der Waals surface area contributed by atoms with E-state index >= 15 is 0 Å². The van der Waals surface area contributed by atoms with Gasteiger partial charge in [-0.05, 0) is 48.9 Å². The fourth-order valence-electron chi connectivity index (χ4n) is 2.77. The standard InChI is InChI=1S/C20H19F4N3O3S2/c1-3-19(27-32(2,29)30,12-31-16-8-5-14(21)6-9-16)18(28)26-15-7-4-13(11-25)17(10-15)20(22,23)24/h4-10,27H,3,12H2,1-2H3,(H,26,28). The number of amides is 1. The number of nitrogens with one attached hydrogen (secondary N) is 2. The van der Waals surface area contributed by atoms with E-state index in [2.05, 4.69) is 10.0 Å². The maximum absolute atomic E-state index is 13.2. The molecule has 0 bridgehead atoms. The molecule has 12 heteroatoms. The highest BCUT2D eigenvalue weighted by Gasteiger charge is 2.40. The average molecular weight is 490 g/mol. The van der Waals surface area contributed by atoms with Crippen LogP contribution in [0.2, 0.25) is 0 Å². The highest BCUT2D eigenvalue weighted by molar-refractivity contribution is 7.99. The summed E-state index contributed by atoms with van der Waals surface area (Å²) in [6.45, 7) is 1.54. The number of alkyl halides is 3. The van der Waals surface area contributed by atoms with Crippen LogP contribution in [0.5, 0.6) is 0 Å². The molecule has 2 rings (SSSR count). The van der Waals surface area contributed by atoms with Gasteiger partial charge in [-0.15, -0.1) is 11.8 Å². The number of hydrogen-bond acceptors (Lipinski definition) is 5. The first-order valence-electron chi connectivity index (χ1n) is 9.10. The zero-order valence-corrected chi connectivity index (χ0v) is 18.6. The van der Waals surface area contributed by atoms with E-state index in [0.29, 0.717) is 11.0 Å². The normalized spacial score (nSPS) is 13.8. The van der Waals surface area contributed by atoms with Gasteiger partial charge in [0.25, 0.3) is 0 Å². The van der Waals surface area contributed by atoms with E-state index in [4.69, 9.17) is 5.26 Å². The summed E-state index contributed by atoms with van der Waals surface area (Å²) in [5, 5.41) is 11.2. The molecule has 1 unspecified atom stereocenters. The third-order valence-corrected chi connectivity index (χ3v) is 6.43. The molecular formula is C20H19F4N3O3S2. The van der Waals surface area contributed by atoms with Crippen LogP contribution in [0.15, 0.2) is 47.4 Å². The van der Waals surface area contributed by atoms with E-state index in [9.17, 15) is 30.8 Å². The quantitative estimate of drug-likeness (QED) is 0.429. The number of thioether (sulfide) groups is 1. The van der Waals surface area contributed by atoms with E-state index in [1.165, 1.54) is 30.3 Å². The lowest BCUT2D eigenvalue weighted by atomic mass is 9.98. The lowest BCUT2D eigenvalue weighted by molar-refractivity contribution is -0.137. The molecule has 2 aromatic rings. The first kappa shape index (κ1) is 25.6. The molecule has 0 saturated heterocycles. The van der Waals surface area contributed by atoms with Crippen LogP contribution in [0, 0.1) is 17.1 Å². The van der Waals surface area contributed by atoms with Crippen molar-refractivity contribution in [1.82, 2.24) is 4.72 Å². The number of benzene rings is 2. The van der Waals surface area contributed by atoms with Crippen LogP contribution in [0.4, 0.5) is 23.2 Å². The van der Waals surface area contributed by atoms with Crippen molar-refractivity contribution in [3.63, 3.8) is 0 Å². The average Bonchev–Trinajstić information content (AvgIpc) is 2.70. The number of rotatable bonds is 8. The predicted molar refractivity (Wildman–Crippen MR) is 113 cm³/mol. The van der Waals surface area contributed by atoms with Gasteiger partial charge in [-0.25, -0.2) is 12.8 Å². The molecule has 172 valence electrons. The third-order valence-electron chi connectivity index (χ3n) is 4.42. The predicted octanol–water partition coefficient (Wildman–Crippen LogP) is 4.14. The molecule has 2 N–H and O–H groups in total. The Morgan fingerprint density at radius 1 is 1.16 bits per heavy atom. The molecule has 1 amide bonds. The van der Waals surface area contributed by atoms with Gasteiger partial charge in [0.1, 0.15) is 11.4 Å². The number of hydrogen-bond donors (Lipinski definition) is 2. The highest BCUT2D eigenvalue weighted by atomic mass is 32.2. The van der Waals surface area contributed by atoms with Gasteiger partial charge >= 0.3 is 6.18 Å². The lowest BCUT2D eigenvalue weighted by Gasteiger charge is -2.31.